The van der Waals surface area contributed by atoms with Crippen molar-refractivity contribution in [2.75, 3.05) is 38.1 Å². The second-order valence-corrected chi connectivity index (χ2v) is 4.70. The number of hydrogen-bond donors (Lipinski definition) is 0. The lowest BCUT2D eigenvalue weighted by Crippen LogP contribution is -2.17. The highest BCUT2D eigenvalue weighted by atomic mass is 16.5. The monoisotopic (exact) mass is 286 g/mol. The zero-order valence-corrected chi connectivity index (χ0v) is 12.6. The molecule has 0 aliphatic carbocycles. The van der Waals surface area contributed by atoms with Crippen molar-refractivity contribution in [2.45, 2.75) is 0 Å². The van der Waals surface area contributed by atoms with Gasteiger partial charge in [0.25, 0.3) is 0 Å². The lowest BCUT2D eigenvalue weighted by atomic mass is 10.1. The molecule has 1 heterocycles. The van der Waals surface area contributed by atoms with Crippen LogP contribution in [0.3, 0.4) is 0 Å². The maximum absolute atomic E-state index is 11.9. The van der Waals surface area contributed by atoms with Crippen molar-refractivity contribution in [3.05, 3.63) is 42.2 Å². The van der Waals surface area contributed by atoms with Crippen LogP contribution in [0.4, 0.5) is 17.3 Å². The number of hydrogen-bond acceptors (Lipinski definition) is 6. The number of rotatable bonds is 4. The third-order valence-corrected chi connectivity index (χ3v) is 3.11. The summed E-state index contributed by atoms with van der Waals surface area (Å²) in [6, 6.07) is 9.10. The minimum Gasteiger partial charge on any atom is -0.465 e. The van der Waals surface area contributed by atoms with Crippen molar-refractivity contribution in [3.8, 4) is 0 Å². The molecule has 1 aromatic carbocycles. The van der Waals surface area contributed by atoms with E-state index in [2.05, 4.69) is 9.97 Å². The molecule has 0 saturated carbocycles. The van der Waals surface area contributed by atoms with Gasteiger partial charge in [-0.3, -0.25) is 0 Å². The van der Waals surface area contributed by atoms with E-state index < -0.39 is 0 Å². The van der Waals surface area contributed by atoms with Gasteiger partial charge in [-0.1, -0.05) is 12.1 Å². The minimum absolute atomic E-state index is 0.376. The molecule has 0 amide bonds. The number of esters is 1. The smallest absolute Gasteiger partial charge is 0.339 e. The standard InChI is InChI=1S/C15H18N4O2/c1-18(2)13-9-14(17-10-16-13)19(3)12-8-6-5-7-11(12)15(20)21-4/h5-10H,1-4H3. The van der Waals surface area contributed by atoms with E-state index in [-0.39, 0.29) is 5.97 Å². The summed E-state index contributed by atoms with van der Waals surface area (Å²) >= 11 is 0. The Morgan fingerprint density at radius 3 is 2.43 bits per heavy atom. The van der Waals surface area contributed by atoms with Crippen LogP contribution >= 0.6 is 0 Å². The molecule has 21 heavy (non-hydrogen) atoms. The van der Waals surface area contributed by atoms with Crippen LogP contribution in [0, 0.1) is 0 Å². The number of nitrogens with zero attached hydrogens (tertiary/aromatic N) is 4. The Hall–Kier alpha value is -2.63. The van der Waals surface area contributed by atoms with Gasteiger partial charge in [0.15, 0.2) is 0 Å². The third-order valence-electron chi connectivity index (χ3n) is 3.11. The second kappa shape index (κ2) is 6.21. The molecule has 0 aliphatic heterocycles. The number of aromatic nitrogens is 2. The SMILES string of the molecule is COC(=O)c1ccccc1N(C)c1cc(N(C)C)ncn1. The molecule has 0 bridgehead atoms. The van der Waals surface area contributed by atoms with Crippen molar-refractivity contribution >= 4 is 23.3 Å². The Morgan fingerprint density at radius 2 is 1.76 bits per heavy atom. The second-order valence-electron chi connectivity index (χ2n) is 4.70. The number of benzene rings is 1. The fourth-order valence-electron chi connectivity index (χ4n) is 1.94. The van der Waals surface area contributed by atoms with Crippen LogP contribution in [0.2, 0.25) is 0 Å². The van der Waals surface area contributed by atoms with Crippen molar-refractivity contribution in [2.24, 2.45) is 0 Å². The van der Waals surface area contributed by atoms with Crippen molar-refractivity contribution in [3.63, 3.8) is 0 Å². The number of anilines is 3. The first kappa shape index (κ1) is 14.8. The Kier molecular flexibility index (Phi) is 4.37. The van der Waals surface area contributed by atoms with Gasteiger partial charge in [-0.15, -0.1) is 0 Å². The van der Waals surface area contributed by atoms with Crippen LogP contribution in [0.15, 0.2) is 36.7 Å². The average molecular weight is 286 g/mol. The predicted octanol–water partition coefficient (Wildman–Crippen LogP) is 2.10. The first-order chi connectivity index (χ1) is 10.0. The molecule has 0 atom stereocenters. The van der Waals surface area contributed by atoms with E-state index in [1.165, 1.54) is 13.4 Å². The van der Waals surface area contributed by atoms with Gasteiger partial charge in [0.2, 0.25) is 0 Å². The van der Waals surface area contributed by atoms with E-state index in [0.717, 1.165) is 11.5 Å². The molecular weight excluding hydrogens is 268 g/mol. The zero-order chi connectivity index (χ0) is 15.4. The lowest BCUT2D eigenvalue weighted by Gasteiger charge is -2.21. The van der Waals surface area contributed by atoms with Crippen LogP contribution in [0.5, 0.6) is 0 Å². The topological polar surface area (TPSA) is 58.6 Å². The number of methoxy groups -OCH3 is 1. The quantitative estimate of drug-likeness (QED) is 0.802. The summed E-state index contributed by atoms with van der Waals surface area (Å²) in [7, 11) is 7.04. The third kappa shape index (κ3) is 3.10. The molecule has 0 spiro atoms. The van der Waals surface area contributed by atoms with E-state index in [4.69, 9.17) is 4.74 Å². The number of carbonyl (C=O) groups is 1. The van der Waals surface area contributed by atoms with Crippen molar-refractivity contribution in [1.82, 2.24) is 9.97 Å². The van der Waals surface area contributed by atoms with Crippen molar-refractivity contribution in [1.29, 1.82) is 0 Å². The first-order valence-electron chi connectivity index (χ1n) is 6.45. The Balaban J connectivity index is 2.43. The number of ether oxygens (including phenoxy) is 1. The normalized spacial score (nSPS) is 10.1. The maximum atomic E-state index is 11.9. The van der Waals surface area contributed by atoms with E-state index in [1.807, 2.05) is 49.1 Å². The molecule has 0 unspecified atom stereocenters. The minimum atomic E-state index is -0.376. The molecule has 0 saturated heterocycles. The Morgan fingerprint density at radius 1 is 1.10 bits per heavy atom. The van der Waals surface area contributed by atoms with Crippen LogP contribution in [0.25, 0.3) is 0 Å². The molecule has 0 fully saturated rings. The van der Waals surface area contributed by atoms with E-state index in [1.54, 1.807) is 12.1 Å². The maximum Gasteiger partial charge on any atom is 0.339 e. The van der Waals surface area contributed by atoms with Gasteiger partial charge in [-0.05, 0) is 12.1 Å². The molecule has 0 radical (unpaired) electrons. The van der Waals surface area contributed by atoms with Crippen LogP contribution in [0.1, 0.15) is 10.4 Å². The molecular formula is C15H18N4O2. The molecule has 2 rings (SSSR count). The largest absolute Gasteiger partial charge is 0.465 e. The molecule has 110 valence electrons. The van der Waals surface area contributed by atoms with Gasteiger partial charge in [0, 0.05) is 27.2 Å². The average Bonchev–Trinajstić information content (AvgIpc) is 2.53. The molecule has 6 heteroatoms. The van der Waals surface area contributed by atoms with Crippen LogP contribution in [-0.4, -0.2) is 44.2 Å². The fraction of sp³-hybridized carbons (Fsp3) is 0.267. The molecule has 0 aliphatic rings. The van der Waals surface area contributed by atoms with E-state index >= 15 is 0 Å². The Bertz CT molecular complexity index is 643. The molecule has 0 N–H and O–H groups in total. The van der Waals surface area contributed by atoms with Gasteiger partial charge in [0.05, 0.1) is 18.4 Å². The summed E-state index contributed by atoms with van der Waals surface area (Å²) in [6.07, 6.45) is 1.50. The van der Waals surface area contributed by atoms with Gasteiger partial charge < -0.3 is 14.5 Å². The summed E-state index contributed by atoms with van der Waals surface area (Å²) in [5.41, 5.74) is 1.22. The number of para-hydroxylation sites is 1. The van der Waals surface area contributed by atoms with Crippen LogP contribution < -0.4 is 9.80 Å². The highest BCUT2D eigenvalue weighted by molar-refractivity contribution is 5.96. The summed E-state index contributed by atoms with van der Waals surface area (Å²) < 4.78 is 4.82. The van der Waals surface area contributed by atoms with E-state index in [9.17, 15) is 4.79 Å². The predicted molar refractivity (Wildman–Crippen MR) is 82.2 cm³/mol. The summed E-state index contributed by atoms with van der Waals surface area (Å²) in [5, 5.41) is 0. The highest BCUT2D eigenvalue weighted by Crippen LogP contribution is 2.27. The summed E-state index contributed by atoms with van der Waals surface area (Å²) in [6.45, 7) is 0. The van der Waals surface area contributed by atoms with Gasteiger partial charge in [-0.2, -0.15) is 0 Å². The Labute approximate surface area is 124 Å². The first-order valence-corrected chi connectivity index (χ1v) is 6.45. The van der Waals surface area contributed by atoms with Gasteiger partial charge in [0.1, 0.15) is 18.0 Å². The van der Waals surface area contributed by atoms with Gasteiger partial charge in [-0.25, -0.2) is 14.8 Å². The summed E-state index contributed by atoms with van der Waals surface area (Å²) in [5.74, 6) is 1.12. The van der Waals surface area contributed by atoms with Crippen molar-refractivity contribution < 1.29 is 9.53 Å². The zero-order valence-electron chi connectivity index (χ0n) is 12.6. The van der Waals surface area contributed by atoms with Gasteiger partial charge >= 0.3 is 5.97 Å². The molecule has 1 aromatic heterocycles. The number of carbonyl (C=O) groups excluding carboxylic acids is 1. The fourth-order valence-corrected chi connectivity index (χ4v) is 1.94. The van der Waals surface area contributed by atoms with E-state index in [0.29, 0.717) is 11.4 Å². The molecule has 6 nitrogen and oxygen atoms in total. The summed E-state index contributed by atoms with van der Waals surface area (Å²) in [4.78, 5) is 24.0. The molecule has 2 aromatic rings. The lowest BCUT2D eigenvalue weighted by molar-refractivity contribution is 0.0601. The van der Waals surface area contributed by atoms with Crippen LogP contribution in [-0.2, 0) is 4.74 Å². The highest BCUT2D eigenvalue weighted by Gasteiger charge is 2.16.